The molecule has 1 heterocycles. The van der Waals surface area contributed by atoms with Gasteiger partial charge in [-0.25, -0.2) is 0 Å². The highest BCUT2D eigenvalue weighted by Gasteiger charge is 2.33. The molecule has 1 rings (SSSR count). The molecule has 0 saturated carbocycles. The molecule has 1 aliphatic heterocycles. The van der Waals surface area contributed by atoms with Crippen molar-refractivity contribution in [3.8, 4) is 0 Å². The number of carbonyl (C=O) groups is 1. The number of nitrogens with zero attached hydrogens (tertiary/aromatic N) is 2. The predicted octanol–water partition coefficient (Wildman–Crippen LogP) is 2.35. The Bertz CT molecular complexity index is 337. The van der Waals surface area contributed by atoms with Crippen LogP contribution in [0.15, 0.2) is 11.3 Å². The summed E-state index contributed by atoms with van der Waals surface area (Å²) in [5.41, 5.74) is 2.18. The summed E-state index contributed by atoms with van der Waals surface area (Å²) in [7, 11) is 3.99. The molecule has 0 N–H and O–H groups in total. The fourth-order valence-corrected chi connectivity index (χ4v) is 2.52. The molecular formula is C14H26N2O. The van der Waals surface area contributed by atoms with E-state index in [0.29, 0.717) is 0 Å². The Morgan fingerprint density at radius 3 is 1.94 bits per heavy atom. The molecule has 0 bridgehead atoms. The van der Waals surface area contributed by atoms with Crippen molar-refractivity contribution in [3.63, 3.8) is 0 Å². The van der Waals surface area contributed by atoms with Crippen LogP contribution in [-0.2, 0) is 4.79 Å². The zero-order chi connectivity index (χ0) is 13.4. The van der Waals surface area contributed by atoms with Crippen molar-refractivity contribution in [3.05, 3.63) is 11.3 Å². The average molecular weight is 238 g/mol. The van der Waals surface area contributed by atoms with Crippen LogP contribution in [0.5, 0.6) is 0 Å². The summed E-state index contributed by atoms with van der Waals surface area (Å²) in [5, 5.41) is 0. The Kier molecular flexibility index (Phi) is 3.90. The van der Waals surface area contributed by atoms with Gasteiger partial charge in [-0.3, -0.25) is 4.79 Å². The SMILES string of the molecule is CC(C)C1=C(C(C)(C)C)N(C)CCN(C)C1=O. The molecule has 98 valence electrons. The third kappa shape index (κ3) is 2.82. The second-order valence-corrected chi connectivity index (χ2v) is 6.32. The second kappa shape index (κ2) is 4.71. The molecule has 0 atom stereocenters. The third-order valence-corrected chi connectivity index (χ3v) is 3.27. The third-order valence-electron chi connectivity index (χ3n) is 3.27. The van der Waals surface area contributed by atoms with E-state index in [1.54, 1.807) is 0 Å². The first kappa shape index (κ1) is 14.1. The van der Waals surface area contributed by atoms with E-state index < -0.39 is 0 Å². The molecule has 0 spiro atoms. The van der Waals surface area contributed by atoms with Gasteiger partial charge in [-0.1, -0.05) is 34.6 Å². The van der Waals surface area contributed by atoms with Gasteiger partial charge in [0, 0.05) is 43.9 Å². The van der Waals surface area contributed by atoms with Gasteiger partial charge in [0.2, 0.25) is 0 Å². The summed E-state index contributed by atoms with van der Waals surface area (Å²) in [6.45, 7) is 12.5. The van der Waals surface area contributed by atoms with Gasteiger partial charge in [-0.2, -0.15) is 0 Å². The van der Waals surface area contributed by atoms with Crippen LogP contribution in [0.2, 0.25) is 0 Å². The van der Waals surface area contributed by atoms with Crippen molar-refractivity contribution < 1.29 is 4.79 Å². The lowest BCUT2D eigenvalue weighted by atomic mass is 9.84. The first-order chi connectivity index (χ1) is 7.66. The monoisotopic (exact) mass is 238 g/mol. The summed E-state index contributed by atoms with van der Waals surface area (Å²) < 4.78 is 0. The van der Waals surface area contributed by atoms with Gasteiger partial charge in [0.05, 0.1) is 0 Å². The molecule has 0 saturated heterocycles. The molecule has 1 aliphatic rings. The Morgan fingerprint density at radius 1 is 1.06 bits per heavy atom. The molecule has 0 aromatic carbocycles. The number of likely N-dealkylation sites (N-methyl/N-ethyl adjacent to an activating group) is 2. The van der Waals surface area contributed by atoms with Gasteiger partial charge >= 0.3 is 0 Å². The van der Waals surface area contributed by atoms with Crippen LogP contribution in [0.25, 0.3) is 0 Å². The molecule has 0 aromatic heterocycles. The molecular weight excluding hydrogens is 212 g/mol. The molecule has 1 amide bonds. The van der Waals surface area contributed by atoms with Gasteiger partial charge in [0.1, 0.15) is 0 Å². The molecule has 0 radical (unpaired) electrons. The summed E-state index contributed by atoms with van der Waals surface area (Å²) in [4.78, 5) is 16.5. The first-order valence-corrected chi connectivity index (χ1v) is 6.37. The number of carbonyl (C=O) groups excluding carboxylic acids is 1. The summed E-state index contributed by atoms with van der Waals surface area (Å²) in [6, 6.07) is 0. The van der Waals surface area contributed by atoms with E-state index in [0.717, 1.165) is 18.7 Å². The van der Waals surface area contributed by atoms with Crippen LogP contribution >= 0.6 is 0 Å². The molecule has 3 heteroatoms. The number of hydrogen-bond acceptors (Lipinski definition) is 2. The van der Waals surface area contributed by atoms with Crippen LogP contribution in [0.4, 0.5) is 0 Å². The van der Waals surface area contributed by atoms with Crippen molar-refractivity contribution >= 4 is 5.91 Å². The number of amides is 1. The van der Waals surface area contributed by atoms with Crippen molar-refractivity contribution in [1.82, 2.24) is 9.80 Å². The lowest BCUT2D eigenvalue weighted by Gasteiger charge is -2.33. The van der Waals surface area contributed by atoms with E-state index in [4.69, 9.17) is 0 Å². The second-order valence-electron chi connectivity index (χ2n) is 6.32. The van der Waals surface area contributed by atoms with Crippen LogP contribution in [0, 0.1) is 11.3 Å². The Hall–Kier alpha value is -0.990. The highest BCUT2D eigenvalue weighted by molar-refractivity contribution is 5.94. The lowest BCUT2D eigenvalue weighted by molar-refractivity contribution is -0.126. The lowest BCUT2D eigenvalue weighted by Crippen LogP contribution is -2.31. The molecule has 0 aliphatic carbocycles. The average Bonchev–Trinajstić information content (AvgIpc) is 2.27. The highest BCUT2D eigenvalue weighted by Crippen LogP contribution is 2.35. The van der Waals surface area contributed by atoms with Gasteiger partial charge in [0.15, 0.2) is 0 Å². The van der Waals surface area contributed by atoms with Gasteiger partial charge < -0.3 is 9.80 Å². The Labute approximate surface area is 105 Å². The maximum absolute atomic E-state index is 12.4. The molecule has 0 aromatic rings. The quantitative estimate of drug-likeness (QED) is 0.700. The fraction of sp³-hybridized carbons (Fsp3) is 0.786. The maximum atomic E-state index is 12.4. The highest BCUT2D eigenvalue weighted by atomic mass is 16.2. The van der Waals surface area contributed by atoms with Crippen LogP contribution in [0.1, 0.15) is 34.6 Å². The normalized spacial score (nSPS) is 19.2. The van der Waals surface area contributed by atoms with Crippen LogP contribution in [-0.4, -0.2) is 42.9 Å². The first-order valence-electron chi connectivity index (χ1n) is 6.37. The molecule has 0 fully saturated rings. The van der Waals surface area contributed by atoms with Gasteiger partial charge in [-0.05, 0) is 5.92 Å². The van der Waals surface area contributed by atoms with E-state index in [-0.39, 0.29) is 17.2 Å². The van der Waals surface area contributed by atoms with Crippen molar-refractivity contribution in [2.75, 3.05) is 27.2 Å². The number of allylic oxidation sites excluding steroid dienone is 1. The number of rotatable bonds is 1. The fourth-order valence-electron chi connectivity index (χ4n) is 2.52. The van der Waals surface area contributed by atoms with E-state index in [1.807, 2.05) is 11.9 Å². The Morgan fingerprint density at radius 2 is 1.53 bits per heavy atom. The molecule has 3 nitrogen and oxygen atoms in total. The van der Waals surface area contributed by atoms with Gasteiger partial charge in [-0.15, -0.1) is 0 Å². The van der Waals surface area contributed by atoms with E-state index in [9.17, 15) is 4.79 Å². The summed E-state index contributed by atoms with van der Waals surface area (Å²) in [5.74, 6) is 0.453. The zero-order valence-corrected chi connectivity index (χ0v) is 12.3. The van der Waals surface area contributed by atoms with Crippen LogP contribution < -0.4 is 0 Å². The molecule has 0 unspecified atom stereocenters. The standard InChI is InChI=1S/C14H26N2O/c1-10(2)11-12(14(3,4)5)15(6)8-9-16(7)13(11)17/h10H,8-9H2,1-7H3. The van der Waals surface area contributed by atoms with Crippen molar-refractivity contribution in [1.29, 1.82) is 0 Å². The summed E-state index contributed by atoms with van der Waals surface area (Å²) >= 11 is 0. The Balaban J connectivity index is 3.40. The minimum atomic E-state index is 0.00912. The van der Waals surface area contributed by atoms with E-state index >= 15 is 0 Å². The number of hydrogen-bond donors (Lipinski definition) is 0. The predicted molar refractivity (Wildman–Crippen MR) is 71.6 cm³/mol. The minimum absolute atomic E-state index is 0.00912. The van der Waals surface area contributed by atoms with Crippen LogP contribution in [0.3, 0.4) is 0 Å². The maximum Gasteiger partial charge on any atom is 0.251 e. The van der Waals surface area contributed by atoms with Crippen molar-refractivity contribution in [2.45, 2.75) is 34.6 Å². The molecule has 17 heavy (non-hydrogen) atoms. The van der Waals surface area contributed by atoms with Crippen molar-refractivity contribution in [2.24, 2.45) is 11.3 Å². The topological polar surface area (TPSA) is 23.6 Å². The zero-order valence-electron chi connectivity index (χ0n) is 12.3. The van der Waals surface area contributed by atoms with E-state index in [1.165, 1.54) is 5.70 Å². The van der Waals surface area contributed by atoms with Gasteiger partial charge in [0.25, 0.3) is 5.91 Å². The van der Waals surface area contributed by atoms with E-state index in [2.05, 4.69) is 46.6 Å². The largest absolute Gasteiger partial charge is 0.375 e. The minimum Gasteiger partial charge on any atom is -0.375 e. The smallest absolute Gasteiger partial charge is 0.251 e. The summed E-state index contributed by atoms with van der Waals surface area (Å²) in [6.07, 6.45) is 0.